The van der Waals surface area contributed by atoms with Gasteiger partial charge in [-0.05, 0) is 43.7 Å². The lowest BCUT2D eigenvalue weighted by atomic mass is 9.93. The van der Waals surface area contributed by atoms with Gasteiger partial charge in [0.05, 0.1) is 19.9 Å². The number of ether oxygens (including phenoxy) is 3. The van der Waals surface area contributed by atoms with Gasteiger partial charge in [-0.3, -0.25) is 9.59 Å². The van der Waals surface area contributed by atoms with Gasteiger partial charge in [-0.25, -0.2) is 0 Å². The summed E-state index contributed by atoms with van der Waals surface area (Å²) in [7, 11) is 4.78. The minimum Gasteiger partial charge on any atom is -0.497 e. The monoisotopic (exact) mass is 378 g/mol. The van der Waals surface area contributed by atoms with Gasteiger partial charge in [0, 0.05) is 32.9 Å². The molecular formula is C20H30N2O5. The van der Waals surface area contributed by atoms with Crippen LogP contribution in [0.3, 0.4) is 0 Å². The van der Waals surface area contributed by atoms with Crippen LogP contribution in [0.1, 0.15) is 32.1 Å². The summed E-state index contributed by atoms with van der Waals surface area (Å²) in [6, 6.07) is 5.12. The Balaban J connectivity index is 1.87. The van der Waals surface area contributed by atoms with E-state index in [2.05, 4.69) is 5.32 Å². The lowest BCUT2D eigenvalue weighted by Gasteiger charge is -2.32. The number of methoxy groups -OCH3 is 3. The number of benzene rings is 1. The fourth-order valence-corrected chi connectivity index (χ4v) is 3.39. The minimum atomic E-state index is -0.343. The maximum Gasteiger partial charge on any atom is 0.233 e. The van der Waals surface area contributed by atoms with Gasteiger partial charge in [-0.1, -0.05) is 0 Å². The van der Waals surface area contributed by atoms with E-state index in [0.717, 1.165) is 45.4 Å². The first-order valence-electron chi connectivity index (χ1n) is 9.36. The number of hydrogen-bond acceptors (Lipinski definition) is 5. The average molecular weight is 378 g/mol. The Morgan fingerprint density at radius 2 is 2.04 bits per heavy atom. The summed E-state index contributed by atoms with van der Waals surface area (Å²) < 4.78 is 15.5. The summed E-state index contributed by atoms with van der Waals surface area (Å²) in [5.41, 5.74) is 0.521. The fourth-order valence-electron chi connectivity index (χ4n) is 3.39. The smallest absolute Gasteiger partial charge is 0.233 e. The lowest BCUT2D eigenvalue weighted by molar-refractivity contribution is -0.136. The molecule has 0 spiro atoms. The molecule has 7 nitrogen and oxygen atoms in total. The molecule has 1 aliphatic rings. The first-order chi connectivity index (χ1) is 13.1. The second-order valence-electron chi connectivity index (χ2n) is 6.77. The number of hydrogen-bond donors (Lipinski definition) is 1. The number of carbonyl (C=O) groups is 2. The van der Waals surface area contributed by atoms with Crippen molar-refractivity contribution in [3.63, 3.8) is 0 Å². The van der Waals surface area contributed by atoms with Crippen LogP contribution >= 0.6 is 0 Å². The van der Waals surface area contributed by atoms with E-state index < -0.39 is 0 Å². The van der Waals surface area contributed by atoms with Gasteiger partial charge in [0.15, 0.2) is 0 Å². The molecule has 1 aromatic rings. The highest BCUT2D eigenvalue weighted by molar-refractivity contribution is 6.04. The van der Waals surface area contributed by atoms with Crippen LogP contribution in [0.2, 0.25) is 0 Å². The number of anilines is 1. The summed E-state index contributed by atoms with van der Waals surface area (Å²) in [5, 5.41) is 2.75. The molecule has 1 aromatic carbocycles. The van der Waals surface area contributed by atoms with Crippen molar-refractivity contribution in [2.45, 2.75) is 32.1 Å². The maximum atomic E-state index is 12.5. The second kappa shape index (κ2) is 10.8. The number of nitrogens with one attached hydrogen (secondary N) is 1. The molecule has 1 atom stereocenters. The lowest BCUT2D eigenvalue weighted by Crippen LogP contribution is -2.41. The normalized spacial score (nSPS) is 16.7. The standard InChI is InChI=1S/C20H30N2O5/c1-25-11-5-7-15-6-4-10-22(14-15)20(24)13-19(23)21-17-9-8-16(26-2)12-18(17)27-3/h8-9,12,15H,4-7,10-11,13-14H2,1-3H3,(H,21,23)/t15-/m0/s1. The first kappa shape index (κ1) is 21.0. The highest BCUT2D eigenvalue weighted by Gasteiger charge is 2.25. The molecule has 1 aliphatic heterocycles. The summed E-state index contributed by atoms with van der Waals surface area (Å²) >= 11 is 0. The van der Waals surface area contributed by atoms with Crippen molar-refractivity contribution in [3.8, 4) is 11.5 Å². The van der Waals surface area contributed by atoms with E-state index >= 15 is 0 Å². The summed E-state index contributed by atoms with van der Waals surface area (Å²) in [5.74, 6) is 1.14. The van der Waals surface area contributed by atoms with E-state index in [1.54, 1.807) is 32.4 Å². The quantitative estimate of drug-likeness (QED) is 0.528. The van der Waals surface area contributed by atoms with Crippen molar-refractivity contribution >= 4 is 17.5 Å². The Bertz CT molecular complexity index is 635. The van der Waals surface area contributed by atoms with E-state index in [1.807, 2.05) is 4.90 Å². The van der Waals surface area contributed by atoms with E-state index in [9.17, 15) is 9.59 Å². The molecule has 2 rings (SSSR count). The van der Waals surface area contributed by atoms with Crippen LogP contribution < -0.4 is 14.8 Å². The maximum absolute atomic E-state index is 12.5. The molecule has 150 valence electrons. The zero-order valence-corrected chi connectivity index (χ0v) is 16.5. The number of nitrogens with zero attached hydrogens (tertiary/aromatic N) is 1. The Morgan fingerprint density at radius 3 is 2.74 bits per heavy atom. The molecule has 1 fully saturated rings. The molecule has 0 saturated carbocycles. The number of rotatable bonds is 9. The highest BCUT2D eigenvalue weighted by atomic mass is 16.5. The third-order valence-electron chi connectivity index (χ3n) is 4.83. The second-order valence-corrected chi connectivity index (χ2v) is 6.77. The van der Waals surface area contributed by atoms with Gasteiger partial charge in [0.2, 0.25) is 11.8 Å². The molecule has 27 heavy (non-hydrogen) atoms. The molecule has 1 saturated heterocycles. The molecule has 0 aliphatic carbocycles. The van der Waals surface area contributed by atoms with E-state index in [0.29, 0.717) is 23.1 Å². The third kappa shape index (κ3) is 6.43. The number of piperidine rings is 1. The molecule has 0 bridgehead atoms. The minimum absolute atomic E-state index is 0.128. The van der Waals surface area contributed by atoms with E-state index in [4.69, 9.17) is 14.2 Å². The van der Waals surface area contributed by atoms with Crippen molar-refractivity contribution in [2.75, 3.05) is 46.3 Å². The van der Waals surface area contributed by atoms with Crippen LogP contribution in [0, 0.1) is 5.92 Å². The predicted molar refractivity (Wildman–Crippen MR) is 103 cm³/mol. The highest BCUT2D eigenvalue weighted by Crippen LogP contribution is 2.29. The molecule has 1 N–H and O–H groups in total. The molecule has 7 heteroatoms. The number of likely N-dealkylation sites (tertiary alicyclic amines) is 1. The number of amides is 2. The van der Waals surface area contributed by atoms with Crippen LogP contribution in [0.15, 0.2) is 18.2 Å². The Kier molecular flexibility index (Phi) is 8.39. The van der Waals surface area contributed by atoms with Crippen molar-refractivity contribution in [1.29, 1.82) is 0 Å². The number of carbonyl (C=O) groups excluding carboxylic acids is 2. The Labute approximate surface area is 161 Å². The molecular weight excluding hydrogens is 348 g/mol. The van der Waals surface area contributed by atoms with Crippen LogP contribution in [0.4, 0.5) is 5.69 Å². The molecule has 1 heterocycles. The predicted octanol–water partition coefficient (Wildman–Crippen LogP) is 2.70. The zero-order valence-electron chi connectivity index (χ0n) is 16.5. The molecule has 0 unspecified atom stereocenters. The van der Waals surface area contributed by atoms with E-state index in [1.165, 1.54) is 7.11 Å². The summed E-state index contributed by atoms with van der Waals surface area (Å²) in [6.45, 7) is 2.19. The Hall–Kier alpha value is -2.28. The Morgan fingerprint density at radius 1 is 1.22 bits per heavy atom. The van der Waals surface area contributed by atoms with Gasteiger partial charge in [-0.2, -0.15) is 0 Å². The van der Waals surface area contributed by atoms with Gasteiger partial charge in [0.25, 0.3) is 0 Å². The van der Waals surface area contributed by atoms with Gasteiger partial charge in [-0.15, -0.1) is 0 Å². The van der Waals surface area contributed by atoms with Gasteiger partial charge < -0.3 is 24.4 Å². The topological polar surface area (TPSA) is 77.1 Å². The average Bonchev–Trinajstić information content (AvgIpc) is 2.68. The first-order valence-corrected chi connectivity index (χ1v) is 9.36. The van der Waals surface area contributed by atoms with Crippen molar-refractivity contribution in [2.24, 2.45) is 5.92 Å². The van der Waals surface area contributed by atoms with Crippen LogP contribution in [-0.2, 0) is 14.3 Å². The van der Waals surface area contributed by atoms with Crippen molar-refractivity contribution < 1.29 is 23.8 Å². The summed E-state index contributed by atoms with van der Waals surface area (Å²) in [6.07, 6.45) is 3.99. The third-order valence-corrected chi connectivity index (χ3v) is 4.83. The van der Waals surface area contributed by atoms with Gasteiger partial charge >= 0.3 is 0 Å². The summed E-state index contributed by atoms with van der Waals surface area (Å²) in [4.78, 5) is 26.6. The fraction of sp³-hybridized carbons (Fsp3) is 0.600. The van der Waals surface area contributed by atoms with Crippen LogP contribution in [-0.4, -0.2) is 57.7 Å². The molecule has 0 aromatic heterocycles. The van der Waals surface area contributed by atoms with Crippen LogP contribution in [0.5, 0.6) is 11.5 Å². The van der Waals surface area contributed by atoms with Crippen molar-refractivity contribution in [1.82, 2.24) is 4.90 Å². The molecule has 0 radical (unpaired) electrons. The van der Waals surface area contributed by atoms with Gasteiger partial charge in [0.1, 0.15) is 17.9 Å². The molecule has 2 amide bonds. The largest absolute Gasteiger partial charge is 0.497 e. The van der Waals surface area contributed by atoms with Crippen molar-refractivity contribution in [3.05, 3.63) is 18.2 Å². The SMILES string of the molecule is COCCC[C@@H]1CCCN(C(=O)CC(=O)Nc2ccc(OC)cc2OC)C1. The van der Waals surface area contributed by atoms with Crippen LogP contribution in [0.25, 0.3) is 0 Å². The van der Waals surface area contributed by atoms with E-state index in [-0.39, 0.29) is 18.2 Å². The zero-order chi connectivity index (χ0) is 19.6.